The number of hydrogen-bond acceptors (Lipinski definition) is 2. The van der Waals surface area contributed by atoms with Crippen molar-refractivity contribution in [1.82, 2.24) is 9.80 Å². The first kappa shape index (κ1) is 24.8. The molecule has 6 nitrogen and oxygen atoms in total. The van der Waals surface area contributed by atoms with E-state index in [1.54, 1.807) is 0 Å². The lowest BCUT2D eigenvalue weighted by molar-refractivity contribution is 0.137. The molecule has 0 rings (SSSR count). The van der Waals surface area contributed by atoms with Crippen molar-refractivity contribution in [3.8, 4) is 0 Å². The van der Waals surface area contributed by atoms with Crippen LogP contribution in [-0.4, -0.2) is 66.9 Å². The molecular weight excluding hydrogens is 306 g/mol. The molecule has 0 unspecified atom stereocenters. The predicted molar refractivity (Wildman–Crippen MR) is 102 cm³/mol. The first-order chi connectivity index (χ1) is 11.3. The Morgan fingerprint density at radius 2 is 1.08 bits per heavy atom. The number of unbranched alkanes of at least 4 members (excludes halogenated alkanes) is 9. The minimum atomic E-state index is -1.83. The van der Waals surface area contributed by atoms with Gasteiger partial charge in [0.2, 0.25) is 0 Å². The summed E-state index contributed by atoms with van der Waals surface area (Å²) in [5.74, 6) is 1.07. The predicted octanol–water partition coefficient (Wildman–Crippen LogP) is 4.61. The molecule has 0 aromatic rings. The Labute approximate surface area is 148 Å². The number of rotatable bonds is 11. The number of carbonyl (C=O) groups is 1. The van der Waals surface area contributed by atoms with E-state index in [0.29, 0.717) is 0 Å². The van der Waals surface area contributed by atoms with Gasteiger partial charge in [-0.05, 0) is 6.42 Å². The minimum absolute atomic E-state index is 0.961. The highest BCUT2D eigenvalue weighted by Crippen LogP contribution is 2.10. The molecule has 0 spiro atoms. The van der Waals surface area contributed by atoms with E-state index in [1.807, 2.05) is 0 Å². The molecule has 0 heterocycles. The van der Waals surface area contributed by atoms with E-state index in [0.717, 1.165) is 12.5 Å². The van der Waals surface area contributed by atoms with Crippen molar-refractivity contribution >= 4 is 12.1 Å². The van der Waals surface area contributed by atoms with Gasteiger partial charge in [-0.25, -0.2) is 4.79 Å². The molecule has 6 heteroatoms. The van der Waals surface area contributed by atoms with Crippen molar-refractivity contribution in [2.24, 2.45) is 4.99 Å². The maximum absolute atomic E-state index is 8.56. The summed E-state index contributed by atoms with van der Waals surface area (Å²) >= 11 is 0. The van der Waals surface area contributed by atoms with Crippen molar-refractivity contribution in [2.75, 3.05) is 34.7 Å². The van der Waals surface area contributed by atoms with Gasteiger partial charge in [0.1, 0.15) is 0 Å². The Bertz CT molecular complexity index is 305. The number of carboxylic acid groups (broad SMARTS) is 2. The van der Waals surface area contributed by atoms with Gasteiger partial charge >= 0.3 is 6.16 Å². The first-order valence-corrected chi connectivity index (χ1v) is 9.13. The van der Waals surface area contributed by atoms with E-state index in [-0.39, 0.29) is 0 Å². The molecule has 24 heavy (non-hydrogen) atoms. The third-order valence-electron chi connectivity index (χ3n) is 3.56. The van der Waals surface area contributed by atoms with E-state index in [1.165, 1.54) is 64.2 Å². The van der Waals surface area contributed by atoms with Crippen LogP contribution in [-0.2, 0) is 0 Å². The van der Waals surface area contributed by atoms with Crippen LogP contribution in [0.1, 0.15) is 71.1 Å². The Morgan fingerprint density at radius 3 is 1.42 bits per heavy atom. The van der Waals surface area contributed by atoms with Crippen molar-refractivity contribution in [2.45, 2.75) is 71.1 Å². The second-order valence-electron chi connectivity index (χ2n) is 6.44. The molecule has 0 saturated heterocycles. The topological polar surface area (TPSA) is 76.4 Å². The van der Waals surface area contributed by atoms with Gasteiger partial charge < -0.3 is 20.0 Å². The molecule has 0 saturated carbocycles. The van der Waals surface area contributed by atoms with E-state index in [2.05, 4.69) is 49.9 Å². The summed E-state index contributed by atoms with van der Waals surface area (Å²) in [7, 11) is 8.21. The second-order valence-corrected chi connectivity index (χ2v) is 6.44. The third-order valence-corrected chi connectivity index (χ3v) is 3.56. The molecule has 0 amide bonds. The summed E-state index contributed by atoms with van der Waals surface area (Å²) in [4.78, 5) is 17.4. The van der Waals surface area contributed by atoms with Crippen LogP contribution in [0.25, 0.3) is 0 Å². The molecule has 0 aromatic heterocycles. The van der Waals surface area contributed by atoms with Crippen molar-refractivity contribution < 1.29 is 15.0 Å². The molecule has 0 bridgehead atoms. The molecule has 0 aliphatic rings. The highest BCUT2D eigenvalue weighted by atomic mass is 16.6. The summed E-state index contributed by atoms with van der Waals surface area (Å²) in [5, 5.41) is 13.9. The lowest BCUT2D eigenvalue weighted by atomic mass is 10.1. The number of guanidine groups is 1. The average molecular weight is 346 g/mol. The van der Waals surface area contributed by atoms with Crippen LogP contribution in [0.2, 0.25) is 0 Å². The van der Waals surface area contributed by atoms with Gasteiger partial charge in [-0.15, -0.1) is 0 Å². The normalized spacial score (nSPS) is 9.71. The fourth-order valence-corrected chi connectivity index (χ4v) is 2.46. The first-order valence-electron chi connectivity index (χ1n) is 9.13. The minimum Gasteiger partial charge on any atom is -0.450 e. The van der Waals surface area contributed by atoms with Crippen molar-refractivity contribution in [3.05, 3.63) is 0 Å². The van der Waals surface area contributed by atoms with Gasteiger partial charge in [-0.2, -0.15) is 0 Å². The van der Waals surface area contributed by atoms with E-state index < -0.39 is 6.16 Å². The molecule has 0 radical (unpaired) electrons. The number of hydrogen-bond donors (Lipinski definition) is 2. The van der Waals surface area contributed by atoms with E-state index >= 15 is 0 Å². The maximum Gasteiger partial charge on any atom is 0.503 e. The van der Waals surface area contributed by atoms with Crippen LogP contribution >= 0.6 is 0 Å². The van der Waals surface area contributed by atoms with E-state index in [9.17, 15) is 0 Å². The van der Waals surface area contributed by atoms with Crippen LogP contribution in [0.15, 0.2) is 4.99 Å². The quantitative estimate of drug-likeness (QED) is 0.325. The molecule has 0 fully saturated rings. The molecule has 0 atom stereocenters. The molecule has 2 N–H and O–H groups in total. The lowest BCUT2D eigenvalue weighted by Crippen LogP contribution is -2.35. The highest BCUT2D eigenvalue weighted by molar-refractivity contribution is 5.79. The van der Waals surface area contributed by atoms with Gasteiger partial charge in [0.15, 0.2) is 5.96 Å². The van der Waals surface area contributed by atoms with Gasteiger partial charge in [0.05, 0.1) is 0 Å². The molecular formula is C18H39N3O3. The van der Waals surface area contributed by atoms with Crippen molar-refractivity contribution in [3.63, 3.8) is 0 Å². The monoisotopic (exact) mass is 345 g/mol. The zero-order valence-corrected chi connectivity index (χ0v) is 16.4. The standard InChI is InChI=1S/C17H37N3.CH2O3/c1-6-7-8-9-10-11-12-13-14-15-16-18-17(19(2)3)20(4)5;2-1(3)4/h6-16H2,1-5H3;(H2,2,3,4). The van der Waals surface area contributed by atoms with Gasteiger partial charge in [0, 0.05) is 34.7 Å². The molecule has 144 valence electrons. The smallest absolute Gasteiger partial charge is 0.450 e. The Kier molecular flexibility index (Phi) is 18.5. The SMILES string of the molecule is CCCCCCCCCCCCN=C(N(C)C)N(C)C.O=C(O)O. The van der Waals surface area contributed by atoms with Crippen LogP contribution in [0.3, 0.4) is 0 Å². The zero-order chi connectivity index (χ0) is 18.8. The van der Waals surface area contributed by atoms with Gasteiger partial charge in [-0.1, -0.05) is 64.7 Å². The van der Waals surface area contributed by atoms with Crippen LogP contribution < -0.4 is 0 Å². The Morgan fingerprint density at radius 1 is 0.750 bits per heavy atom. The summed E-state index contributed by atoms with van der Waals surface area (Å²) < 4.78 is 0. The maximum atomic E-state index is 8.56. The molecule has 0 aliphatic heterocycles. The van der Waals surface area contributed by atoms with E-state index in [4.69, 9.17) is 15.0 Å². The third kappa shape index (κ3) is 20.5. The number of nitrogens with zero attached hydrogens (tertiary/aromatic N) is 3. The second kappa shape index (κ2) is 17.9. The largest absolute Gasteiger partial charge is 0.503 e. The van der Waals surface area contributed by atoms with Crippen molar-refractivity contribution in [1.29, 1.82) is 0 Å². The average Bonchev–Trinajstić information content (AvgIpc) is 2.47. The summed E-state index contributed by atoms with van der Waals surface area (Å²) in [6, 6.07) is 0. The fourth-order valence-electron chi connectivity index (χ4n) is 2.46. The highest BCUT2D eigenvalue weighted by Gasteiger charge is 2.02. The Hall–Kier alpha value is -1.46. The lowest BCUT2D eigenvalue weighted by Gasteiger charge is -2.22. The summed E-state index contributed by atoms with van der Waals surface area (Å²) in [6.45, 7) is 3.24. The fraction of sp³-hybridized carbons (Fsp3) is 0.889. The Balaban J connectivity index is 0. The van der Waals surface area contributed by atoms with Gasteiger partial charge in [-0.3, -0.25) is 4.99 Å². The zero-order valence-electron chi connectivity index (χ0n) is 16.4. The summed E-state index contributed by atoms with van der Waals surface area (Å²) in [6.07, 6.45) is 12.0. The number of aliphatic imine (C=N–C) groups is 1. The van der Waals surface area contributed by atoms with Crippen LogP contribution in [0.4, 0.5) is 4.79 Å². The molecule has 0 aliphatic carbocycles. The molecule has 0 aromatic carbocycles. The van der Waals surface area contributed by atoms with Crippen LogP contribution in [0.5, 0.6) is 0 Å². The van der Waals surface area contributed by atoms with Crippen LogP contribution in [0, 0.1) is 0 Å². The van der Waals surface area contributed by atoms with Gasteiger partial charge in [0.25, 0.3) is 0 Å². The summed E-state index contributed by atoms with van der Waals surface area (Å²) in [5.41, 5.74) is 0.